The molecule has 2 atom stereocenters. The fourth-order valence-electron chi connectivity index (χ4n) is 1.06. The van der Waals surface area contributed by atoms with E-state index >= 15 is 0 Å². The minimum Gasteiger partial charge on any atom is -0.459 e. The molecule has 5 nitrogen and oxygen atoms in total. The van der Waals surface area contributed by atoms with Crippen molar-refractivity contribution in [1.29, 1.82) is 0 Å². The molecule has 0 aliphatic rings. The number of esters is 1. The minimum absolute atomic E-state index is 0.0334. The van der Waals surface area contributed by atoms with Gasteiger partial charge in [0.25, 0.3) is 0 Å². The summed E-state index contributed by atoms with van der Waals surface area (Å²) < 4.78 is 10.2. The standard InChI is InChI=1S/C12H20O5/c1-4-11(17-12(15)9(2)3)5-6-16-8-10(14)7-13/h7,10-11,14H,2,4-6,8H2,1,3H3. The van der Waals surface area contributed by atoms with Gasteiger partial charge in [-0.25, -0.2) is 4.79 Å². The van der Waals surface area contributed by atoms with Crippen molar-refractivity contribution < 1.29 is 24.2 Å². The number of carbonyl (C=O) groups excluding carboxylic acids is 2. The van der Waals surface area contributed by atoms with Crippen molar-refractivity contribution in [1.82, 2.24) is 0 Å². The van der Waals surface area contributed by atoms with E-state index < -0.39 is 12.1 Å². The van der Waals surface area contributed by atoms with Crippen LogP contribution in [0.5, 0.6) is 0 Å². The lowest BCUT2D eigenvalue weighted by atomic mass is 10.2. The van der Waals surface area contributed by atoms with Crippen LogP contribution in [0.2, 0.25) is 0 Å². The van der Waals surface area contributed by atoms with Crippen LogP contribution in [-0.2, 0) is 19.1 Å². The SMILES string of the molecule is C=C(C)C(=O)OC(CC)CCOCC(O)C=O. The Labute approximate surface area is 101 Å². The maximum absolute atomic E-state index is 11.3. The Balaban J connectivity index is 3.79. The van der Waals surface area contributed by atoms with Crippen LogP contribution in [-0.4, -0.2) is 42.8 Å². The lowest BCUT2D eigenvalue weighted by Crippen LogP contribution is -2.22. The zero-order valence-corrected chi connectivity index (χ0v) is 10.3. The Hall–Kier alpha value is -1.20. The molecule has 1 N–H and O–H groups in total. The van der Waals surface area contributed by atoms with Crippen molar-refractivity contribution in [2.45, 2.75) is 38.9 Å². The van der Waals surface area contributed by atoms with Gasteiger partial charge in [0.2, 0.25) is 0 Å². The largest absolute Gasteiger partial charge is 0.459 e. The molecule has 5 heteroatoms. The molecule has 0 spiro atoms. The number of aldehydes is 1. The van der Waals surface area contributed by atoms with Crippen molar-refractivity contribution in [3.63, 3.8) is 0 Å². The van der Waals surface area contributed by atoms with Gasteiger partial charge in [0.15, 0.2) is 6.29 Å². The first-order valence-electron chi connectivity index (χ1n) is 5.58. The highest BCUT2D eigenvalue weighted by Gasteiger charge is 2.13. The van der Waals surface area contributed by atoms with Gasteiger partial charge in [0.05, 0.1) is 13.2 Å². The predicted molar refractivity (Wildman–Crippen MR) is 62.5 cm³/mol. The van der Waals surface area contributed by atoms with Crippen molar-refractivity contribution >= 4 is 12.3 Å². The van der Waals surface area contributed by atoms with Crippen molar-refractivity contribution in [3.8, 4) is 0 Å². The molecule has 0 aromatic heterocycles. The first kappa shape index (κ1) is 15.8. The summed E-state index contributed by atoms with van der Waals surface area (Å²) in [7, 11) is 0. The van der Waals surface area contributed by atoms with Gasteiger partial charge >= 0.3 is 5.97 Å². The van der Waals surface area contributed by atoms with Crippen LogP contribution in [0.15, 0.2) is 12.2 Å². The molecule has 0 aromatic rings. The lowest BCUT2D eigenvalue weighted by Gasteiger charge is -2.16. The average molecular weight is 244 g/mol. The van der Waals surface area contributed by atoms with Gasteiger partial charge < -0.3 is 19.4 Å². The molecular formula is C12H20O5. The van der Waals surface area contributed by atoms with Crippen LogP contribution in [0.25, 0.3) is 0 Å². The molecule has 0 heterocycles. The molecule has 0 aromatic carbocycles. The second kappa shape index (κ2) is 8.90. The molecule has 0 saturated carbocycles. The molecule has 0 aliphatic heterocycles. The predicted octanol–water partition coefficient (Wildman–Crippen LogP) is 0.851. The molecule has 98 valence electrons. The van der Waals surface area contributed by atoms with E-state index in [9.17, 15) is 9.59 Å². The Morgan fingerprint density at radius 2 is 2.18 bits per heavy atom. The van der Waals surface area contributed by atoms with Crippen LogP contribution in [0.3, 0.4) is 0 Å². The van der Waals surface area contributed by atoms with Crippen LogP contribution in [0.4, 0.5) is 0 Å². The maximum atomic E-state index is 11.3. The number of hydrogen-bond donors (Lipinski definition) is 1. The fraction of sp³-hybridized carbons (Fsp3) is 0.667. The zero-order valence-electron chi connectivity index (χ0n) is 10.3. The number of aliphatic hydroxyl groups is 1. The molecule has 0 bridgehead atoms. The smallest absolute Gasteiger partial charge is 0.333 e. The lowest BCUT2D eigenvalue weighted by molar-refractivity contribution is -0.145. The van der Waals surface area contributed by atoms with E-state index in [1.165, 1.54) is 0 Å². The van der Waals surface area contributed by atoms with Gasteiger partial charge in [-0.2, -0.15) is 0 Å². The molecule has 0 aliphatic carbocycles. The third kappa shape index (κ3) is 7.65. The van der Waals surface area contributed by atoms with E-state index in [0.717, 1.165) is 0 Å². The average Bonchev–Trinajstić information content (AvgIpc) is 2.31. The summed E-state index contributed by atoms with van der Waals surface area (Å²) in [6.45, 7) is 7.28. The molecule has 0 amide bonds. The van der Waals surface area contributed by atoms with E-state index in [4.69, 9.17) is 14.6 Å². The monoisotopic (exact) mass is 244 g/mol. The second-order valence-corrected chi connectivity index (χ2v) is 3.78. The molecule has 0 rings (SSSR count). The number of ether oxygens (including phenoxy) is 2. The molecule has 2 unspecified atom stereocenters. The molecule has 0 saturated heterocycles. The van der Waals surface area contributed by atoms with Crippen molar-refractivity contribution in [3.05, 3.63) is 12.2 Å². The summed E-state index contributed by atoms with van der Waals surface area (Å²) in [5.74, 6) is -0.412. The Morgan fingerprint density at radius 3 is 2.65 bits per heavy atom. The van der Waals surface area contributed by atoms with Crippen LogP contribution < -0.4 is 0 Å². The number of hydrogen-bond acceptors (Lipinski definition) is 5. The zero-order chi connectivity index (χ0) is 13.3. The summed E-state index contributed by atoms with van der Waals surface area (Å²) in [5.41, 5.74) is 0.362. The highest BCUT2D eigenvalue weighted by molar-refractivity contribution is 5.87. The van der Waals surface area contributed by atoms with Crippen molar-refractivity contribution in [2.24, 2.45) is 0 Å². The summed E-state index contributed by atoms with van der Waals surface area (Å²) >= 11 is 0. The topological polar surface area (TPSA) is 72.8 Å². The third-order valence-corrected chi connectivity index (χ3v) is 2.11. The second-order valence-electron chi connectivity index (χ2n) is 3.78. The third-order valence-electron chi connectivity index (χ3n) is 2.11. The van der Waals surface area contributed by atoms with Crippen LogP contribution >= 0.6 is 0 Å². The number of rotatable bonds is 9. The van der Waals surface area contributed by atoms with Gasteiger partial charge in [-0.05, 0) is 13.3 Å². The van der Waals surface area contributed by atoms with Gasteiger partial charge in [-0.15, -0.1) is 0 Å². The van der Waals surface area contributed by atoms with Crippen LogP contribution in [0.1, 0.15) is 26.7 Å². The van der Waals surface area contributed by atoms with E-state index in [1.54, 1.807) is 6.92 Å². The first-order chi connectivity index (χ1) is 8.01. The van der Waals surface area contributed by atoms with Crippen LogP contribution in [0, 0.1) is 0 Å². The normalized spacial score (nSPS) is 13.8. The van der Waals surface area contributed by atoms with E-state index in [1.807, 2.05) is 6.92 Å². The van der Waals surface area contributed by atoms with Gasteiger partial charge in [-0.1, -0.05) is 13.5 Å². The number of carbonyl (C=O) groups is 2. The van der Waals surface area contributed by atoms with Gasteiger partial charge in [-0.3, -0.25) is 0 Å². The van der Waals surface area contributed by atoms with E-state index in [0.29, 0.717) is 31.3 Å². The van der Waals surface area contributed by atoms with Gasteiger partial charge in [0, 0.05) is 12.0 Å². The Bertz CT molecular complexity index is 262. The molecule has 0 radical (unpaired) electrons. The van der Waals surface area contributed by atoms with E-state index in [2.05, 4.69) is 6.58 Å². The summed E-state index contributed by atoms with van der Waals surface area (Å²) in [6.07, 6.45) is 0.304. The van der Waals surface area contributed by atoms with Crippen molar-refractivity contribution in [2.75, 3.05) is 13.2 Å². The quantitative estimate of drug-likeness (QED) is 0.282. The maximum Gasteiger partial charge on any atom is 0.333 e. The summed E-state index contributed by atoms with van der Waals surface area (Å²) in [4.78, 5) is 21.4. The molecular weight excluding hydrogens is 224 g/mol. The van der Waals surface area contributed by atoms with Gasteiger partial charge in [0.1, 0.15) is 12.2 Å². The molecule has 17 heavy (non-hydrogen) atoms. The summed E-state index contributed by atoms with van der Waals surface area (Å²) in [5, 5.41) is 8.91. The fourth-order valence-corrected chi connectivity index (χ4v) is 1.06. The Morgan fingerprint density at radius 1 is 1.53 bits per heavy atom. The van der Waals surface area contributed by atoms with E-state index in [-0.39, 0.29) is 12.7 Å². The number of aliphatic hydroxyl groups excluding tert-OH is 1. The summed E-state index contributed by atoms with van der Waals surface area (Å²) in [6, 6.07) is 0. The molecule has 0 fully saturated rings. The first-order valence-corrected chi connectivity index (χ1v) is 5.58. The Kier molecular flexibility index (Phi) is 8.27. The highest BCUT2D eigenvalue weighted by atomic mass is 16.5. The highest BCUT2D eigenvalue weighted by Crippen LogP contribution is 2.07. The minimum atomic E-state index is -1.09.